The molecule has 0 saturated carbocycles. The fourth-order valence-corrected chi connectivity index (χ4v) is 2.79. The number of anilines is 1. The van der Waals surface area contributed by atoms with Crippen molar-refractivity contribution in [1.82, 2.24) is 4.90 Å². The van der Waals surface area contributed by atoms with Crippen LogP contribution in [-0.2, 0) is 11.3 Å². The summed E-state index contributed by atoms with van der Waals surface area (Å²) in [6.45, 7) is 0.757. The minimum atomic E-state index is -0.183. The number of carbonyl (C=O) groups is 1. The highest BCUT2D eigenvalue weighted by Crippen LogP contribution is 2.35. The molecule has 0 radical (unpaired) electrons. The summed E-state index contributed by atoms with van der Waals surface area (Å²) in [5, 5.41) is 3.91. The summed E-state index contributed by atoms with van der Waals surface area (Å²) in [5.41, 5.74) is 1.46. The number of hydrogen-bond acceptors (Lipinski definition) is 4. The summed E-state index contributed by atoms with van der Waals surface area (Å²) in [4.78, 5) is 14.2. The molecule has 0 heterocycles. The smallest absolute Gasteiger partial charge is 0.238 e. The lowest BCUT2D eigenvalue weighted by molar-refractivity contribution is -0.117. The van der Waals surface area contributed by atoms with Crippen molar-refractivity contribution in [2.45, 2.75) is 6.54 Å². The third-order valence-electron chi connectivity index (χ3n) is 3.56. The lowest BCUT2D eigenvalue weighted by Gasteiger charge is -2.18. The molecule has 7 heteroatoms. The van der Waals surface area contributed by atoms with Crippen molar-refractivity contribution < 1.29 is 14.3 Å². The van der Waals surface area contributed by atoms with Crippen molar-refractivity contribution in [3.05, 3.63) is 52.0 Å². The average Bonchev–Trinajstić information content (AvgIpc) is 2.57. The molecule has 2 rings (SSSR count). The molecule has 0 bridgehead atoms. The number of nitrogens with one attached hydrogen (secondary N) is 1. The summed E-state index contributed by atoms with van der Waals surface area (Å²) < 4.78 is 10.4. The summed E-state index contributed by atoms with van der Waals surface area (Å²) >= 11 is 12.2. The number of methoxy groups -OCH3 is 2. The third kappa shape index (κ3) is 5.26. The highest BCUT2D eigenvalue weighted by molar-refractivity contribution is 6.32. The standard InChI is InChI=1S/C18H20Cl2N2O3/c1-22(10-12-6-4-5-7-13(12)19)11-18(23)21-15-9-16(24-2)14(20)8-17(15)25-3/h4-9H,10-11H2,1-3H3,(H,21,23). The first-order chi connectivity index (χ1) is 11.9. The van der Waals surface area contributed by atoms with Gasteiger partial charge < -0.3 is 14.8 Å². The van der Waals surface area contributed by atoms with Crippen LogP contribution in [0.4, 0.5) is 5.69 Å². The van der Waals surface area contributed by atoms with Gasteiger partial charge in [0.1, 0.15) is 11.5 Å². The molecule has 5 nitrogen and oxygen atoms in total. The predicted molar refractivity (Wildman–Crippen MR) is 101 cm³/mol. The molecule has 0 aliphatic heterocycles. The third-order valence-corrected chi connectivity index (χ3v) is 4.22. The number of nitrogens with zero attached hydrogens (tertiary/aromatic N) is 1. The van der Waals surface area contributed by atoms with Gasteiger partial charge in [0, 0.05) is 23.7 Å². The Morgan fingerprint density at radius 1 is 1.08 bits per heavy atom. The first-order valence-electron chi connectivity index (χ1n) is 7.58. The lowest BCUT2D eigenvalue weighted by atomic mass is 10.2. The summed E-state index contributed by atoms with van der Waals surface area (Å²) in [6.07, 6.45) is 0. The fraction of sp³-hybridized carbons (Fsp3) is 0.278. The zero-order valence-corrected chi connectivity index (χ0v) is 15.8. The van der Waals surface area contributed by atoms with Crippen LogP contribution >= 0.6 is 23.2 Å². The molecule has 0 spiro atoms. The summed E-state index contributed by atoms with van der Waals surface area (Å²) in [6, 6.07) is 10.8. The minimum absolute atomic E-state index is 0.183. The Bertz CT molecular complexity index is 753. The van der Waals surface area contributed by atoms with Crippen molar-refractivity contribution >= 4 is 34.8 Å². The summed E-state index contributed by atoms with van der Waals surface area (Å²) in [7, 11) is 4.87. The van der Waals surface area contributed by atoms with Gasteiger partial charge in [0.25, 0.3) is 0 Å². The molecule has 0 aliphatic carbocycles. The van der Waals surface area contributed by atoms with Crippen LogP contribution in [-0.4, -0.2) is 38.6 Å². The zero-order chi connectivity index (χ0) is 18.4. The van der Waals surface area contributed by atoms with Crippen LogP contribution in [0, 0.1) is 0 Å². The Morgan fingerprint density at radius 2 is 1.76 bits per heavy atom. The number of carbonyl (C=O) groups excluding carboxylic acids is 1. The number of halogens is 2. The van der Waals surface area contributed by atoms with Crippen LogP contribution in [0.5, 0.6) is 11.5 Å². The van der Waals surface area contributed by atoms with Gasteiger partial charge in [-0.3, -0.25) is 9.69 Å². The Kier molecular flexibility index (Phi) is 6.93. The van der Waals surface area contributed by atoms with Crippen LogP contribution in [0.2, 0.25) is 10.0 Å². The van der Waals surface area contributed by atoms with E-state index in [0.29, 0.717) is 33.8 Å². The second kappa shape index (κ2) is 8.94. The van der Waals surface area contributed by atoms with Crippen molar-refractivity contribution in [1.29, 1.82) is 0 Å². The number of amides is 1. The highest BCUT2D eigenvalue weighted by atomic mass is 35.5. The molecule has 134 valence electrons. The maximum absolute atomic E-state index is 12.3. The van der Waals surface area contributed by atoms with Gasteiger partial charge in [-0.05, 0) is 18.7 Å². The molecule has 0 atom stereocenters. The monoisotopic (exact) mass is 382 g/mol. The normalized spacial score (nSPS) is 10.6. The second-order valence-electron chi connectivity index (χ2n) is 5.50. The molecule has 2 aromatic rings. The Hall–Kier alpha value is -1.95. The van der Waals surface area contributed by atoms with Crippen molar-refractivity contribution in [3.63, 3.8) is 0 Å². The maximum atomic E-state index is 12.3. The molecular weight excluding hydrogens is 363 g/mol. The van der Waals surface area contributed by atoms with Gasteiger partial charge in [-0.1, -0.05) is 41.4 Å². The van der Waals surface area contributed by atoms with Gasteiger partial charge in [-0.25, -0.2) is 0 Å². The van der Waals surface area contributed by atoms with Gasteiger partial charge in [0.15, 0.2) is 0 Å². The molecule has 0 aromatic heterocycles. The Labute approximate surface area is 157 Å². The van der Waals surface area contributed by atoms with E-state index < -0.39 is 0 Å². The van der Waals surface area contributed by atoms with E-state index in [2.05, 4.69) is 5.32 Å². The number of hydrogen-bond donors (Lipinski definition) is 1. The Balaban J connectivity index is 2.03. The number of rotatable bonds is 7. The quantitative estimate of drug-likeness (QED) is 0.783. The first kappa shape index (κ1) is 19.4. The van der Waals surface area contributed by atoms with Crippen LogP contribution < -0.4 is 14.8 Å². The molecule has 0 unspecified atom stereocenters. The molecular formula is C18H20Cl2N2O3. The average molecular weight is 383 g/mol. The SMILES string of the molecule is COc1cc(NC(=O)CN(C)Cc2ccccc2Cl)c(OC)cc1Cl. The van der Waals surface area contributed by atoms with Gasteiger partial charge in [0.2, 0.25) is 5.91 Å². The minimum Gasteiger partial charge on any atom is -0.495 e. The van der Waals surface area contributed by atoms with Crippen LogP contribution in [0.3, 0.4) is 0 Å². The topological polar surface area (TPSA) is 50.8 Å². The first-order valence-corrected chi connectivity index (χ1v) is 8.33. The van der Waals surface area contributed by atoms with Crippen molar-refractivity contribution in [3.8, 4) is 11.5 Å². The summed E-state index contributed by atoms with van der Waals surface area (Å²) in [5.74, 6) is 0.743. The number of ether oxygens (including phenoxy) is 2. The molecule has 0 fully saturated rings. The molecule has 1 N–H and O–H groups in total. The fourth-order valence-electron chi connectivity index (χ4n) is 2.37. The second-order valence-corrected chi connectivity index (χ2v) is 6.31. The van der Waals surface area contributed by atoms with Crippen LogP contribution in [0.25, 0.3) is 0 Å². The van der Waals surface area contributed by atoms with Crippen molar-refractivity contribution in [2.75, 3.05) is 33.1 Å². The van der Waals surface area contributed by atoms with E-state index in [1.54, 1.807) is 12.1 Å². The van der Waals surface area contributed by atoms with E-state index in [-0.39, 0.29) is 12.5 Å². The van der Waals surface area contributed by atoms with E-state index >= 15 is 0 Å². The molecule has 2 aromatic carbocycles. The van der Waals surface area contributed by atoms with E-state index in [1.165, 1.54) is 14.2 Å². The lowest BCUT2D eigenvalue weighted by Crippen LogP contribution is -2.30. The Morgan fingerprint density at radius 3 is 2.40 bits per heavy atom. The van der Waals surface area contributed by atoms with E-state index in [4.69, 9.17) is 32.7 Å². The molecule has 0 aliphatic rings. The van der Waals surface area contributed by atoms with Gasteiger partial charge in [-0.15, -0.1) is 0 Å². The van der Waals surface area contributed by atoms with Crippen LogP contribution in [0.15, 0.2) is 36.4 Å². The van der Waals surface area contributed by atoms with Crippen LogP contribution in [0.1, 0.15) is 5.56 Å². The van der Waals surface area contributed by atoms with Gasteiger partial charge >= 0.3 is 0 Å². The van der Waals surface area contributed by atoms with E-state index in [1.807, 2.05) is 36.2 Å². The molecule has 0 saturated heterocycles. The largest absolute Gasteiger partial charge is 0.495 e. The highest BCUT2D eigenvalue weighted by Gasteiger charge is 2.14. The predicted octanol–water partition coefficient (Wildman–Crippen LogP) is 4.08. The van der Waals surface area contributed by atoms with Gasteiger partial charge in [-0.2, -0.15) is 0 Å². The van der Waals surface area contributed by atoms with E-state index in [0.717, 1.165) is 5.56 Å². The van der Waals surface area contributed by atoms with E-state index in [9.17, 15) is 4.79 Å². The number of benzene rings is 2. The zero-order valence-electron chi connectivity index (χ0n) is 14.3. The molecule has 25 heavy (non-hydrogen) atoms. The number of likely N-dealkylation sites (N-methyl/N-ethyl adjacent to an activating group) is 1. The maximum Gasteiger partial charge on any atom is 0.238 e. The molecule has 1 amide bonds. The van der Waals surface area contributed by atoms with Crippen molar-refractivity contribution in [2.24, 2.45) is 0 Å². The van der Waals surface area contributed by atoms with Gasteiger partial charge in [0.05, 0.1) is 31.5 Å².